The first-order valence-corrected chi connectivity index (χ1v) is 8.74. The summed E-state index contributed by atoms with van der Waals surface area (Å²) in [6.07, 6.45) is 0. The molecule has 0 bridgehead atoms. The van der Waals surface area contributed by atoms with Gasteiger partial charge < -0.3 is 0 Å². The van der Waals surface area contributed by atoms with Crippen molar-refractivity contribution in [3.8, 4) is 11.3 Å². The number of fused-ring (bicyclic) bond motifs is 1. The second kappa shape index (κ2) is 5.85. The normalized spacial score (nSPS) is 11.5. The standard InChI is InChI=1S/C16H15N3O3S/c1-2-23(21,22)19-12-7-5-6-11(10-12)15-13-8-3-4-9-14(13)16(20)18-17-15/h3-10,19H,2H2,1H3,(H,18,20). The van der Waals surface area contributed by atoms with Crippen molar-refractivity contribution in [3.63, 3.8) is 0 Å². The Hall–Kier alpha value is -2.67. The second-order valence-corrected chi connectivity index (χ2v) is 7.04. The molecule has 0 aliphatic rings. The second-order valence-electron chi connectivity index (χ2n) is 5.03. The van der Waals surface area contributed by atoms with Gasteiger partial charge in [-0.2, -0.15) is 5.10 Å². The van der Waals surface area contributed by atoms with Crippen molar-refractivity contribution in [3.05, 3.63) is 58.9 Å². The van der Waals surface area contributed by atoms with Gasteiger partial charge in [-0.3, -0.25) is 9.52 Å². The van der Waals surface area contributed by atoms with Crippen molar-refractivity contribution in [2.75, 3.05) is 10.5 Å². The van der Waals surface area contributed by atoms with E-state index in [1.807, 2.05) is 18.2 Å². The van der Waals surface area contributed by atoms with E-state index in [-0.39, 0.29) is 11.3 Å². The maximum absolute atomic E-state index is 11.8. The Kier molecular flexibility index (Phi) is 3.87. The highest BCUT2D eigenvalue weighted by Crippen LogP contribution is 2.26. The lowest BCUT2D eigenvalue weighted by atomic mass is 10.0. The van der Waals surface area contributed by atoms with E-state index in [1.165, 1.54) is 0 Å². The Morgan fingerprint density at radius 3 is 2.57 bits per heavy atom. The molecule has 0 saturated carbocycles. The fourth-order valence-corrected chi connectivity index (χ4v) is 2.95. The van der Waals surface area contributed by atoms with Crippen molar-refractivity contribution in [2.24, 2.45) is 0 Å². The van der Waals surface area contributed by atoms with E-state index < -0.39 is 10.0 Å². The van der Waals surface area contributed by atoms with Crippen molar-refractivity contribution >= 4 is 26.5 Å². The minimum absolute atomic E-state index is 0.00291. The Labute approximate surface area is 133 Å². The quantitative estimate of drug-likeness (QED) is 0.768. The van der Waals surface area contributed by atoms with E-state index in [0.29, 0.717) is 27.7 Å². The number of anilines is 1. The largest absolute Gasteiger partial charge is 0.284 e. The molecule has 23 heavy (non-hydrogen) atoms. The van der Waals surface area contributed by atoms with E-state index >= 15 is 0 Å². The van der Waals surface area contributed by atoms with Gasteiger partial charge >= 0.3 is 0 Å². The third-order valence-corrected chi connectivity index (χ3v) is 4.79. The molecule has 0 radical (unpaired) electrons. The van der Waals surface area contributed by atoms with E-state index in [1.54, 1.807) is 37.3 Å². The number of H-pyrrole nitrogens is 1. The fraction of sp³-hybridized carbons (Fsp3) is 0.125. The van der Waals surface area contributed by atoms with Gasteiger partial charge in [-0.15, -0.1) is 0 Å². The van der Waals surface area contributed by atoms with Crippen LogP contribution in [0.5, 0.6) is 0 Å². The minimum Gasteiger partial charge on any atom is -0.284 e. The highest BCUT2D eigenvalue weighted by atomic mass is 32.2. The molecule has 0 aliphatic heterocycles. The number of hydrogen-bond acceptors (Lipinski definition) is 4. The van der Waals surface area contributed by atoms with E-state index in [0.717, 1.165) is 0 Å². The zero-order chi connectivity index (χ0) is 16.4. The molecule has 0 fully saturated rings. The summed E-state index contributed by atoms with van der Waals surface area (Å²) in [5, 5.41) is 7.85. The number of aromatic amines is 1. The fourth-order valence-electron chi connectivity index (χ4n) is 2.32. The zero-order valence-corrected chi connectivity index (χ0v) is 13.2. The summed E-state index contributed by atoms with van der Waals surface area (Å²) in [7, 11) is -3.35. The molecule has 3 rings (SSSR count). The molecule has 118 valence electrons. The molecule has 7 heteroatoms. The molecular formula is C16H15N3O3S. The van der Waals surface area contributed by atoms with Crippen LogP contribution in [0.3, 0.4) is 0 Å². The summed E-state index contributed by atoms with van der Waals surface area (Å²) < 4.78 is 25.9. The average Bonchev–Trinajstić information content (AvgIpc) is 2.55. The number of benzene rings is 2. The van der Waals surface area contributed by atoms with Gasteiger partial charge in [0, 0.05) is 16.6 Å². The van der Waals surface area contributed by atoms with E-state index in [9.17, 15) is 13.2 Å². The van der Waals surface area contributed by atoms with Crippen LogP contribution >= 0.6 is 0 Å². The third-order valence-electron chi connectivity index (χ3n) is 3.49. The van der Waals surface area contributed by atoms with Gasteiger partial charge in [0.25, 0.3) is 5.56 Å². The number of hydrogen-bond donors (Lipinski definition) is 2. The first-order chi connectivity index (χ1) is 11.0. The molecule has 0 atom stereocenters. The lowest BCUT2D eigenvalue weighted by Gasteiger charge is -2.09. The Morgan fingerprint density at radius 2 is 1.83 bits per heavy atom. The molecule has 0 aliphatic carbocycles. The summed E-state index contributed by atoms with van der Waals surface area (Å²) in [5.74, 6) is -0.00291. The van der Waals surface area contributed by atoms with Crippen LogP contribution in [0.4, 0.5) is 5.69 Å². The van der Waals surface area contributed by atoms with Gasteiger partial charge in [0.05, 0.1) is 16.8 Å². The number of rotatable bonds is 4. The average molecular weight is 329 g/mol. The maximum Gasteiger partial charge on any atom is 0.272 e. The monoisotopic (exact) mass is 329 g/mol. The van der Waals surface area contributed by atoms with Gasteiger partial charge in [0.1, 0.15) is 0 Å². The molecule has 6 nitrogen and oxygen atoms in total. The summed E-state index contributed by atoms with van der Waals surface area (Å²) in [6.45, 7) is 1.57. The smallest absolute Gasteiger partial charge is 0.272 e. The summed E-state index contributed by atoms with van der Waals surface area (Å²) in [4.78, 5) is 11.8. The molecule has 0 spiro atoms. The molecule has 0 amide bonds. The molecule has 1 heterocycles. The van der Waals surface area contributed by atoms with Crippen molar-refractivity contribution in [1.29, 1.82) is 0 Å². The predicted octanol–water partition coefficient (Wildman–Crippen LogP) is 2.35. The zero-order valence-electron chi connectivity index (χ0n) is 12.4. The topological polar surface area (TPSA) is 91.9 Å². The summed E-state index contributed by atoms with van der Waals surface area (Å²) in [5.41, 5.74) is 1.51. The Balaban J connectivity index is 2.13. The lowest BCUT2D eigenvalue weighted by Crippen LogP contribution is -2.14. The van der Waals surface area contributed by atoms with Crippen LogP contribution in [-0.2, 0) is 10.0 Å². The van der Waals surface area contributed by atoms with Crippen LogP contribution in [0.2, 0.25) is 0 Å². The summed E-state index contributed by atoms with van der Waals surface area (Å²) in [6, 6.07) is 14.1. The number of nitrogens with zero attached hydrogens (tertiary/aromatic N) is 1. The summed E-state index contributed by atoms with van der Waals surface area (Å²) >= 11 is 0. The maximum atomic E-state index is 11.8. The highest BCUT2D eigenvalue weighted by Gasteiger charge is 2.11. The molecule has 2 N–H and O–H groups in total. The van der Waals surface area contributed by atoms with Crippen molar-refractivity contribution in [2.45, 2.75) is 6.92 Å². The Morgan fingerprint density at radius 1 is 1.09 bits per heavy atom. The SMILES string of the molecule is CCS(=O)(=O)Nc1cccc(-c2n[nH]c(=O)c3ccccc23)c1. The third kappa shape index (κ3) is 3.09. The van der Waals surface area contributed by atoms with Gasteiger partial charge in [-0.25, -0.2) is 13.5 Å². The van der Waals surface area contributed by atoms with Crippen LogP contribution < -0.4 is 10.3 Å². The van der Waals surface area contributed by atoms with E-state index in [4.69, 9.17) is 0 Å². The van der Waals surface area contributed by atoms with Crippen LogP contribution in [0, 0.1) is 0 Å². The molecule has 2 aromatic carbocycles. The van der Waals surface area contributed by atoms with Gasteiger partial charge in [0.2, 0.25) is 10.0 Å². The number of nitrogens with one attached hydrogen (secondary N) is 2. The molecular weight excluding hydrogens is 314 g/mol. The molecule has 1 aromatic heterocycles. The minimum atomic E-state index is -3.35. The van der Waals surface area contributed by atoms with Crippen LogP contribution in [0.15, 0.2) is 53.3 Å². The van der Waals surface area contributed by atoms with Gasteiger partial charge in [0.15, 0.2) is 0 Å². The molecule has 0 unspecified atom stereocenters. The predicted molar refractivity (Wildman–Crippen MR) is 90.9 cm³/mol. The first-order valence-electron chi connectivity index (χ1n) is 7.08. The lowest BCUT2D eigenvalue weighted by molar-refractivity contribution is 0.602. The van der Waals surface area contributed by atoms with Gasteiger partial charge in [-0.1, -0.05) is 30.3 Å². The van der Waals surface area contributed by atoms with E-state index in [2.05, 4.69) is 14.9 Å². The number of sulfonamides is 1. The Bertz CT molecular complexity index is 1030. The van der Waals surface area contributed by atoms with Crippen molar-refractivity contribution in [1.82, 2.24) is 10.2 Å². The van der Waals surface area contributed by atoms with Crippen LogP contribution in [0.1, 0.15) is 6.92 Å². The van der Waals surface area contributed by atoms with Gasteiger partial charge in [-0.05, 0) is 25.1 Å². The van der Waals surface area contributed by atoms with Crippen LogP contribution in [0.25, 0.3) is 22.0 Å². The highest BCUT2D eigenvalue weighted by molar-refractivity contribution is 7.92. The molecule has 0 saturated heterocycles. The number of aromatic nitrogens is 2. The first kappa shape index (κ1) is 15.2. The molecule has 3 aromatic rings. The van der Waals surface area contributed by atoms with Crippen molar-refractivity contribution < 1.29 is 8.42 Å². The van der Waals surface area contributed by atoms with Crippen LogP contribution in [-0.4, -0.2) is 24.4 Å².